The van der Waals surface area contributed by atoms with Gasteiger partial charge in [-0.15, -0.1) is 0 Å². The van der Waals surface area contributed by atoms with Crippen molar-refractivity contribution in [2.45, 2.75) is 31.7 Å². The van der Waals surface area contributed by atoms with Gasteiger partial charge in [0.2, 0.25) is 5.91 Å². The average molecular weight is 430 g/mol. The maximum absolute atomic E-state index is 13.8. The predicted octanol–water partition coefficient (Wildman–Crippen LogP) is 4.22. The van der Waals surface area contributed by atoms with E-state index >= 15 is 0 Å². The number of piperidine rings is 1. The molecule has 4 nitrogen and oxygen atoms in total. The van der Waals surface area contributed by atoms with Crippen molar-refractivity contribution in [2.75, 3.05) is 44.2 Å². The lowest BCUT2D eigenvalue weighted by Crippen LogP contribution is -2.55. The molecule has 0 saturated carbocycles. The largest absolute Gasteiger partial charge is 0.369 e. The molecule has 0 aliphatic carbocycles. The first-order chi connectivity index (χ1) is 14.6. The van der Waals surface area contributed by atoms with Crippen LogP contribution in [0.4, 0.5) is 10.1 Å². The molecule has 0 aromatic heterocycles. The zero-order valence-electron chi connectivity index (χ0n) is 17.3. The van der Waals surface area contributed by atoms with Gasteiger partial charge in [-0.25, -0.2) is 4.39 Å². The van der Waals surface area contributed by atoms with E-state index in [9.17, 15) is 9.18 Å². The fraction of sp³-hybridized carbons (Fsp3) is 0.458. The molecule has 6 heteroatoms. The van der Waals surface area contributed by atoms with Crippen LogP contribution in [0.1, 0.15) is 24.8 Å². The monoisotopic (exact) mass is 429 g/mol. The van der Waals surface area contributed by atoms with Crippen molar-refractivity contribution in [1.29, 1.82) is 0 Å². The van der Waals surface area contributed by atoms with E-state index in [1.165, 1.54) is 11.8 Å². The number of anilines is 1. The summed E-state index contributed by atoms with van der Waals surface area (Å²) in [5, 5.41) is 0.770. The van der Waals surface area contributed by atoms with Crippen molar-refractivity contribution in [3.05, 3.63) is 64.9 Å². The summed E-state index contributed by atoms with van der Waals surface area (Å²) in [4.78, 5) is 19.6. The Morgan fingerprint density at radius 3 is 2.60 bits per heavy atom. The molecule has 1 atom stereocenters. The van der Waals surface area contributed by atoms with Gasteiger partial charge in [-0.05, 0) is 49.1 Å². The highest BCUT2D eigenvalue weighted by Gasteiger charge is 2.30. The molecule has 30 heavy (non-hydrogen) atoms. The molecule has 2 aromatic rings. The second-order valence-electron chi connectivity index (χ2n) is 8.23. The van der Waals surface area contributed by atoms with Crippen LogP contribution in [-0.4, -0.2) is 61.0 Å². The SMILES string of the molecule is O=C(CCc1ccccc1F)N1CCCC(N2CCN(c3cccc(Cl)c3)CC2)C1. The number of halogens is 2. The van der Waals surface area contributed by atoms with Gasteiger partial charge in [-0.3, -0.25) is 9.69 Å². The van der Waals surface area contributed by atoms with Crippen LogP contribution in [-0.2, 0) is 11.2 Å². The van der Waals surface area contributed by atoms with Crippen LogP contribution in [0.15, 0.2) is 48.5 Å². The van der Waals surface area contributed by atoms with Gasteiger partial charge >= 0.3 is 0 Å². The summed E-state index contributed by atoms with van der Waals surface area (Å²) >= 11 is 6.14. The number of rotatable bonds is 5. The molecule has 0 bridgehead atoms. The Hall–Kier alpha value is -2.11. The molecular weight excluding hydrogens is 401 g/mol. The summed E-state index contributed by atoms with van der Waals surface area (Å²) in [7, 11) is 0. The normalized spacial score (nSPS) is 20.4. The molecule has 2 aliphatic heterocycles. The molecule has 0 radical (unpaired) electrons. The van der Waals surface area contributed by atoms with Crippen LogP contribution in [0.3, 0.4) is 0 Å². The van der Waals surface area contributed by atoms with E-state index in [0.29, 0.717) is 24.4 Å². The molecule has 2 heterocycles. The second-order valence-corrected chi connectivity index (χ2v) is 8.67. The molecule has 160 valence electrons. The first kappa shape index (κ1) is 21.1. The van der Waals surface area contributed by atoms with E-state index in [2.05, 4.69) is 15.9 Å². The highest BCUT2D eigenvalue weighted by Crippen LogP contribution is 2.23. The maximum Gasteiger partial charge on any atom is 0.222 e. The van der Waals surface area contributed by atoms with Gasteiger partial charge < -0.3 is 9.80 Å². The smallest absolute Gasteiger partial charge is 0.222 e. The highest BCUT2D eigenvalue weighted by atomic mass is 35.5. The molecule has 1 unspecified atom stereocenters. The van der Waals surface area contributed by atoms with Gasteiger partial charge in [0.25, 0.3) is 0 Å². The third kappa shape index (κ3) is 5.13. The van der Waals surface area contributed by atoms with Crippen molar-refractivity contribution in [1.82, 2.24) is 9.80 Å². The fourth-order valence-electron chi connectivity index (χ4n) is 4.60. The van der Waals surface area contributed by atoms with E-state index in [1.807, 2.05) is 29.2 Å². The number of nitrogens with zero attached hydrogens (tertiary/aromatic N) is 3. The summed E-state index contributed by atoms with van der Waals surface area (Å²) in [6.07, 6.45) is 3.00. The van der Waals surface area contributed by atoms with Crippen LogP contribution < -0.4 is 4.90 Å². The highest BCUT2D eigenvalue weighted by molar-refractivity contribution is 6.30. The molecule has 2 saturated heterocycles. The van der Waals surface area contributed by atoms with Gasteiger partial charge in [0.1, 0.15) is 5.82 Å². The summed E-state index contributed by atoms with van der Waals surface area (Å²) in [5.41, 5.74) is 1.80. The standard InChI is InChI=1S/C24H29ClFN3O/c25-20-6-3-7-21(17-20)27-13-15-28(16-14-27)22-8-4-12-29(18-22)24(30)11-10-19-5-1-2-9-23(19)26/h1-3,5-7,9,17,22H,4,8,10-16,18H2. The Morgan fingerprint density at radius 2 is 1.83 bits per heavy atom. The Kier molecular flexibility index (Phi) is 6.90. The van der Waals surface area contributed by atoms with Crippen LogP contribution in [0.25, 0.3) is 0 Å². The quantitative estimate of drug-likeness (QED) is 0.711. The number of carbonyl (C=O) groups excluding carboxylic acids is 1. The summed E-state index contributed by atoms with van der Waals surface area (Å²) in [5.74, 6) is -0.0834. The number of benzene rings is 2. The summed E-state index contributed by atoms with van der Waals surface area (Å²) in [6, 6.07) is 15.2. The van der Waals surface area contributed by atoms with E-state index in [0.717, 1.165) is 57.1 Å². The average Bonchev–Trinajstić information content (AvgIpc) is 2.78. The van der Waals surface area contributed by atoms with Crippen LogP contribution in [0.2, 0.25) is 5.02 Å². The van der Waals surface area contributed by atoms with Crippen LogP contribution in [0.5, 0.6) is 0 Å². The predicted molar refractivity (Wildman–Crippen MR) is 120 cm³/mol. The number of amides is 1. The molecule has 1 amide bonds. The van der Waals surface area contributed by atoms with E-state index in [1.54, 1.807) is 12.1 Å². The number of likely N-dealkylation sites (tertiary alicyclic amines) is 1. The van der Waals surface area contributed by atoms with E-state index < -0.39 is 0 Å². The number of hydrogen-bond acceptors (Lipinski definition) is 3. The number of piperazine rings is 1. The summed E-state index contributed by atoms with van der Waals surface area (Å²) < 4.78 is 13.8. The van der Waals surface area contributed by atoms with Crippen molar-refractivity contribution >= 4 is 23.2 Å². The minimum Gasteiger partial charge on any atom is -0.369 e. The lowest BCUT2D eigenvalue weighted by atomic mass is 10.0. The third-order valence-electron chi connectivity index (χ3n) is 6.32. The third-order valence-corrected chi connectivity index (χ3v) is 6.55. The molecule has 2 fully saturated rings. The number of carbonyl (C=O) groups is 1. The Bertz CT molecular complexity index is 869. The maximum atomic E-state index is 13.8. The minimum absolute atomic E-state index is 0.139. The molecular formula is C24H29ClFN3O. The molecule has 4 rings (SSSR count). The first-order valence-electron chi connectivity index (χ1n) is 10.9. The van der Waals surface area contributed by atoms with Gasteiger partial charge in [-0.2, -0.15) is 0 Å². The Labute approximate surface area is 183 Å². The molecule has 0 spiro atoms. The van der Waals surface area contributed by atoms with Gasteiger partial charge in [0, 0.05) is 62.4 Å². The van der Waals surface area contributed by atoms with Crippen molar-refractivity contribution < 1.29 is 9.18 Å². The lowest BCUT2D eigenvalue weighted by Gasteiger charge is -2.44. The number of hydrogen-bond donors (Lipinski definition) is 0. The van der Waals surface area contributed by atoms with Gasteiger partial charge in [0.05, 0.1) is 0 Å². The lowest BCUT2D eigenvalue weighted by molar-refractivity contribution is -0.133. The van der Waals surface area contributed by atoms with Crippen LogP contribution in [0, 0.1) is 5.82 Å². The Balaban J connectivity index is 1.28. The van der Waals surface area contributed by atoms with Crippen molar-refractivity contribution in [2.24, 2.45) is 0 Å². The molecule has 2 aromatic carbocycles. The second kappa shape index (κ2) is 9.80. The van der Waals surface area contributed by atoms with Crippen molar-refractivity contribution in [3.63, 3.8) is 0 Å². The van der Waals surface area contributed by atoms with E-state index in [4.69, 9.17) is 11.6 Å². The van der Waals surface area contributed by atoms with E-state index in [-0.39, 0.29) is 11.7 Å². The number of aryl methyl sites for hydroxylation is 1. The van der Waals surface area contributed by atoms with Gasteiger partial charge in [-0.1, -0.05) is 35.9 Å². The fourth-order valence-corrected chi connectivity index (χ4v) is 4.78. The minimum atomic E-state index is -0.223. The van der Waals surface area contributed by atoms with Gasteiger partial charge in [0.15, 0.2) is 0 Å². The van der Waals surface area contributed by atoms with Crippen molar-refractivity contribution in [3.8, 4) is 0 Å². The zero-order chi connectivity index (χ0) is 20.9. The Morgan fingerprint density at radius 1 is 1.03 bits per heavy atom. The topological polar surface area (TPSA) is 26.8 Å². The van der Waals surface area contributed by atoms with Crippen LogP contribution >= 0.6 is 11.6 Å². The molecule has 0 N–H and O–H groups in total. The first-order valence-corrected chi connectivity index (χ1v) is 11.2. The summed E-state index contributed by atoms with van der Waals surface area (Å²) in [6.45, 7) is 5.53. The molecule has 2 aliphatic rings. The zero-order valence-corrected chi connectivity index (χ0v) is 18.0.